The topological polar surface area (TPSA) is 59.4 Å². The van der Waals surface area contributed by atoms with Crippen molar-refractivity contribution in [2.45, 2.75) is 65.2 Å². The van der Waals surface area contributed by atoms with E-state index in [1.54, 1.807) is 32.0 Å². The van der Waals surface area contributed by atoms with Crippen molar-refractivity contribution in [3.8, 4) is 16.3 Å². The second-order valence-corrected chi connectivity index (χ2v) is 10.5. The van der Waals surface area contributed by atoms with E-state index < -0.39 is 17.3 Å². The monoisotopic (exact) mass is 505 g/mol. The van der Waals surface area contributed by atoms with Gasteiger partial charge in [0.15, 0.2) is 5.78 Å². The fraction of sp³-hybridized carbons (Fsp3) is 0.407. The molecule has 0 aliphatic carbocycles. The minimum atomic E-state index is -4.38. The number of hydrogen-bond acceptors (Lipinski definition) is 5. The van der Waals surface area contributed by atoms with E-state index in [-0.39, 0.29) is 24.7 Å². The van der Waals surface area contributed by atoms with Crippen LogP contribution in [-0.4, -0.2) is 28.1 Å². The number of hydrogen-bond donors (Lipinski definition) is 1. The number of Topliss-reactive ketones (excluding diaryl/α,β-unsaturated/α-hetero) is 1. The Bertz CT molecular complexity index is 1180. The number of aryl methyl sites for hydroxylation is 2. The molecule has 0 unspecified atom stereocenters. The summed E-state index contributed by atoms with van der Waals surface area (Å²) >= 11 is 1.45. The summed E-state index contributed by atoms with van der Waals surface area (Å²) in [6.45, 7) is 9.35. The highest BCUT2D eigenvalue weighted by molar-refractivity contribution is 7.15. The average molecular weight is 506 g/mol. The van der Waals surface area contributed by atoms with Crippen molar-refractivity contribution in [2.75, 3.05) is 6.61 Å². The quantitative estimate of drug-likeness (QED) is 0.312. The molecule has 0 bridgehead atoms. The Morgan fingerprint density at radius 3 is 2.31 bits per heavy atom. The van der Waals surface area contributed by atoms with Crippen molar-refractivity contribution in [3.05, 3.63) is 69.7 Å². The number of nitrogens with zero attached hydrogens (tertiary/aromatic N) is 1. The molecule has 0 atom stereocenters. The largest absolute Gasteiger partial charge is 0.485 e. The van der Waals surface area contributed by atoms with Crippen molar-refractivity contribution >= 4 is 17.1 Å². The van der Waals surface area contributed by atoms with Gasteiger partial charge in [-0.15, -0.1) is 11.3 Å². The number of aliphatic hydroxyl groups is 1. The third kappa shape index (κ3) is 6.70. The molecular formula is C27H30F3NO3S. The number of carbonyl (C=O) groups is 1. The maximum Gasteiger partial charge on any atom is 0.416 e. The van der Waals surface area contributed by atoms with Crippen LogP contribution >= 0.6 is 11.3 Å². The Balaban J connectivity index is 1.75. The summed E-state index contributed by atoms with van der Waals surface area (Å²) in [5.74, 6) is 0.762. The van der Waals surface area contributed by atoms with Gasteiger partial charge in [0.05, 0.1) is 17.9 Å². The first-order valence-corrected chi connectivity index (χ1v) is 12.2. The highest BCUT2D eigenvalue weighted by atomic mass is 32.1. The lowest BCUT2D eigenvalue weighted by molar-refractivity contribution is -0.137. The van der Waals surface area contributed by atoms with Crippen molar-refractivity contribution < 1.29 is 27.8 Å². The maximum absolute atomic E-state index is 12.9. The molecule has 8 heteroatoms. The number of ether oxygens (including phenoxy) is 1. The van der Waals surface area contributed by atoms with Gasteiger partial charge in [0.25, 0.3) is 0 Å². The zero-order valence-electron chi connectivity index (χ0n) is 20.5. The fourth-order valence-electron chi connectivity index (χ4n) is 3.56. The molecule has 3 aromatic rings. The molecule has 0 radical (unpaired) electrons. The molecule has 0 aliphatic heterocycles. The molecule has 1 aromatic heterocycles. The standard InChI is InChI=1S/C27H30F3NO3S/c1-16(2)24-21(31-25(35-24)18-6-9-20(10-7-18)27(28,29)30)11-12-22(33)19-8-13-23(17(3)14-19)34-26(4,5)15-32/h6-10,13-14,16,32H,11-12,15H2,1-5H3. The Kier molecular flexibility index (Phi) is 8.07. The predicted octanol–water partition coefficient (Wildman–Crippen LogP) is 7.23. The van der Waals surface area contributed by atoms with E-state index in [0.717, 1.165) is 28.3 Å². The molecule has 35 heavy (non-hydrogen) atoms. The van der Waals surface area contributed by atoms with E-state index in [9.17, 15) is 23.1 Å². The van der Waals surface area contributed by atoms with Gasteiger partial charge in [-0.25, -0.2) is 4.98 Å². The number of alkyl halides is 3. The lowest BCUT2D eigenvalue weighted by Gasteiger charge is -2.25. The first-order valence-electron chi connectivity index (χ1n) is 11.4. The molecule has 0 aliphatic rings. The van der Waals surface area contributed by atoms with Gasteiger partial charge >= 0.3 is 6.18 Å². The molecule has 0 fully saturated rings. The number of thiazole rings is 1. The molecule has 4 nitrogen and oxygen atoms in total. The number of aromatic nitrogens is 1. The molecule has 0 spiro atoms. The van der Waals surface area contributed by atoms with Crippen molar-refractivity contribution in [1.82, 2.24) is 4.98 Å². The van der Waals surface area contributed by atoms with Gasteiger partial charge in [0.2, 0.25) is 0 Å². The molecule has 1 heterocycles. The van der Waals surface area contributed by atoms with Crippen LogP contribution in [0.1, 0.15) is 72.1 Å². The number of halogens is 3. The van der Waals surface area contributed by atoms with Crippen LogP contribution in [0.2, 0.25) is 0 Å². The van der Waals surface area contributed by atoms with E-state index in [2.05, 4.69) is 4.98 Å². The highest BCUT2D eigenvalue weighted by Crippen LogP contribution is 2.36. The maximum atomic E-state index is 12.9. The second kappa shape index (κ2) is 10.5. The third-order valence-corrected chi connectivity index (χ3v) is 7.01. The molecule has 3 rings (SSSR count). The molecule has 0 amide bonds. The minimum Gasteiger partial charge on any atom is -0.485 e. The summed E-state index contributed by atoms with van der Waals surface area (Å²) in [6.07, 6.45) is -3.68. The normalized spacial score (nSPS) is 12.3. The SMILES string of the molecule is Cc1cc(C(=O)CCc2nc(-c3ccc(C(F)(F)F)cc3)sc2C(C)C)ccc1OC(C)(C)CO. The van der Waals surface area contributed by atoms with Crippen molar-refractivity contribution in [2.24, 2.45) is 0 Å². The summed E-state index contributed by atoms with van der Waals surface area (Å²) in [5.41, 5.74) is 1.38. The predicted molar refractivity (Wildman–Crippen MR) is 132 cm³/mol. The van der Waals surface area contributed by atoms with Gasteiger partial charge in [0.1, 0.15) is 16.4 Å². The molecular weight excluding hydrogens is 475 g/mol. The van der Waals surface area contributed by atoms with Gasteiger partial charge in [-0.05, 0) is 69.0 Å². The van der Waals surface area contributed by atoms with Crippen LogP contribution < -0.4 is 4.74 Å². The van der Waals surface area contributed by atoms with E-state index in [4.69, 9.17) is 4.74 Å². The Hall–Kier alpha value is -2.71. The molecule has 1 N–H and O–H groups in total. The smallest absolute Gasteiger partial charge is 0.416 e. The number of carbonyl (C=O) groups excluding carboxylic acids is 1. The van der Waals surface area contributed by atoms with E-state index in [0.29, 0.717) is 28.3 Å². The summed E-state index contributed by atoms with van der Waals surface area (Å²) in [4.78, 5) is 18.6. The van der Waals surface area contributed by atoms with Crippen LogP contribution in [0, 0.1) is 6.92 Å². The Morgan fingerprint density at radius 1 is 1.11 bits per heavy atom. The fourth-order valence-corrected chi connectivity index (χ4v) is 4.68. The summed E-state index contributed by atoms with van der Waals surface area (Å²) < 4.78 is 44.5. The summed E-state index contributed by atoms with van der Waals surface area (Å²) in [5, 5.41) is 10.1. The number of rotatable bonds is 9. The van der Waals surface area contributed by atoms with Crippen molar-refractivity contribution in [3.63, 3.8) is 0 Å². The van der Waals surface area contributed by atoms with Crippen LogP contribution in [-0.2, 0) is 12.6 Å². The van der Waals surface area contributed by atoms with Crippen LogP contribution in [0.3, 0.4) is 0 Å². The first kappa shape index (κ1) is 26.9. The van der Waals surface area contributed by atoms with E-state index in [1.807, 2.05) is 20.8 Å². The Morgan fingerprint density at radius 2 is 1.77 bits per heavy atom. The lowest BCUT2D eigenvalue weighted by atomic mass is 10.0. The van der Waals surface area contributed by atoms with Gasteiger partial charge < -0.3 is 9.84 Å². The zero-order valence-corrected chi connectivity index (χ0v) is 21.3. The molecule has 0 saturated heterocycles. The van der Waals surface area contributed by atoms with Gasteiger partial charge in [-0.1, -0.05) is 26.0 Å². The molecule has 0 saturated carbocycles. The third-order valence-electron chi connectivity index (χ3n) is 5.56. The summed E-state index contributed by atoms with van der Waals surface area (Å²) in [6, 6.07) is 10.2. The highest BCUT2D eigenvalue weighted by Gasteiger charge is 2.30. The number of ketones is 1. The summed E-state index contributed by atoms with van der Waals surface area (Å²) in [7, 11) is 0. The molecule has 2 aromatic carbocycles. The molecule has 188 valence electrons. The first-order chi connectivity index (χ1) is 16.3. The minimum absolute atomic E-state index is 0.0279. The van der Waals surface area contributed by atoms with Crippen LogP contribution in [0.5, 0.6) is 5.75 Å². The number of benzene rings is 2. The Labute approximate surface area is 207 Å². The zero-order chi connectivity index (χ0) is 26.0. The van der Waals surface area contributed by atoms with Crippen LogP contribution in [0.25, 0.3) is 10.6 Å². The lowest BCUT2D eigenvalue weighted by Crippen LogP contribution is -2.32. The average Bonchev–Trinajstić information content (AvgIpc) is 3.23. The van der Waals surface area contributed by atoms with Crippen LogP contribution in [0.4, 0.5) is 13.2 Å². The van der Waals surface area contributed by atoms with Gasteiger partial charge in [-0.2, -0.15) is 13.2 Å². The second-order valence-electron chi connectivity index (χ2n) is 9.48. The number of aliphatic hydroxyl groups excluding tert-OH is 1. The van der Waals surface area contributed by atoms with Crippen molar-refractivity contribution in [1.29, 1.82) is 0 Å². The van der Waals surface area contributed by atoms with Gasteiger partial charge in [0, 0.05) is 22.4 Å². The van der Waals surface area contributed by atoms with Gasteiger partial charge in [-0.3, -0.25) is 4.79 Å². The van der Waals surface area contributed by atoms with E-state index >= 15 is 0 Å². The van der Waals surface area contributed by atoms with Crippen LogP contribution in [0.15, 0.2) is 42.5 Å². The van der Waals surface area contributed by atoms with E-state index in [1.165, 1.54) is 23.5 Å².